The van der Waals surface area contributed by atoms with Crippen LogP contribution in [-0.4, -0.2) is 35.3 Å². The molecule has 0 aliphatic heterocycles. The maximum Gasteiger partial charge on any atom is 0.416 e. The number of carbonyl (C=O) groups excluding carboxylic acids is 1. The van der Waals surface area contributed by atoms with E-state index in [1.807, 2.05) is 0 Å². The Labute approximate surface area is 216 Å². The molecule has 0 saturated carbocycles. The predicted octanol–water partition coefficient (Wildman–Crippen LogP) is 4.04. The lowest BCUT2D eigenvalue weighted by Crippen LogP contribution is -2.40. The summed E-state index contributed by atoms with van der Waals surface area (Å²) in [7, 11) is 1.59. The summed E-state index contributed by atoms with van der Waals surface area (Å²) in [5, 5.41) is 3.10. The number of rotatable bonds is 9. The Morgan fingerprint density at radius 1 is 0.868 bits per heavy atom. The van der Waals surface area contributed by atoms with Crippen molar-refractivity contribution in [3.63, 3.8) is 0 Å². The van der Waals surface area contributed by atoms with Crippen LogP contribution in [0.1, 0.15) is 33.5 Å². The summed E-state index contributed by atoms with van der Waals surface area (Å²) in [6, 6.07) is 17.8. The molecule has 1 heterocycles. The molecule has 1 aromatic heterocycles. The molecule has 198 valence electrons. The Morgan fingerprint density at radius 3 is 2.11 bits per heavy atom. The van der Waals surface area contributed by atoms with Gasteiger partial charge in [-0.15, -0.1) is 0 Å². The Hall–Kier alpha value is -4.18. The van der Waals surface area contributed by atoms with Gasteiger partial charge in [0.15, 0.2) is 0 Å². The lowest BCUT2D eigenvalue weighted by molar-refractivity contribution is -0.137. The van der Waals surface area contributed by atoms with E-state index in [2.05, 4.69) is 5.32 Å². The summed E-state index contributed by atoms with van der Waals surface area (Å²) in [5.41, 5.74) is 0.0991. The highest BCUT2D eigenvalue weighted by Gasteiger charge is 2.30. The monoisotopic (exact) mass is 525 g/mol. The minimum atomic E-state index is -4.46. The van der Waals surface area contributed by atoms with Crippen LogP contribution in [0.2, 0.25) is 0 Å². The number of aromatic nitrogens is 2. The molecule has 0 atom stereocenters. The van der Waals surface area contributed by atoms with E-state index >= 15 is 0 Å². The Bertz CT molecular complexity index is 1540. The van der Waals surface area contributed by atoms with Crippen molar-refractivity contribution in [1.29, 1.82) is 0 Å². The first-order valence-corrected chi connectivity index (χ1v) is 11.9. The van der Waals surface area contributed by atoms with E-state index in [0.717, 1.165) is 16.7 Å². The van der Waals surface area contributed by atoms with Gasteiger partial charge in [0.05, 0.1) is 29.6 Å². The number of alkyl halides is 3. The molecule has 0 aliphatic rings. The number of benzene rings is 3. The summed E-state index contributed by atoms with van der Waals surface area (Å²) >= 11 is 0. The molecule has 0 bridgehead atoms. The Morgan fingerprint density at radius 2 is 1.47 bits per heavy atom. The molecule has 1 amide bonds. The summed E-state index contributed by atoms with van der Waals surface area (Å²) in [5.74, 6) is -0.241. The van der Waals surface area contributed by atoms with Gasteiger partial charge < -0.3 is 10.1 Å². The molecular formula is C28H26F3N3O4. The predicted molar refractivity (Wildman–Crippen MR) is 137 cm³/mol. The second-order valence-corrected chi connectivity index (χ2v) is 8.77. The van der Waals surface area contributed by atoms with Gasteiger partial charge in [-0.1, -0.05) is 36.4 Å². The maximum atomic E-state index is 13.5. The second kappa shape index (κ2) is 11.5. The average molecular weight is 526 g/mol. The summed E-state index contributed by atoms with van der Waals surface area (Å²) < 4.78 is 46.3. The molecule has 4 rings (SSSR count). The molecule has 38 heavy (non-hydrogen) atoms. The van der Waals surface area contributed by atoms with Crippen LogP contribution < -0.4 is 16.6 Å². The molecule has 4 aromatic rings. The van der Waals surface area contributed by atoms with Crippen molar-refractivity contribution in [1.82, 2.24) is 14.5 Å². The van der Waals surface area contributed by atoms with Crippen LogP contribution in [0.4, 0.5) is 13.2 Å². The van der Waals surface area contributed by atoms with Crippen LogP contribution in [0.5, 0.6) is 0 Å². The molecular weight excluding hydrogens is 499 g/mol. The fourth-order valence-corrected chi connectivity index (χ4v) is 4.11. The fraction of sp³-hybridized carbons (Fsp3) is 0.250. The number of fused-ring (bicyclic) bond motifs is 1. The highest BCUT2D eigenvalue weighted by Crippen LogP contribution is 2.29. The van der Waals surface area contributed by atoms with Gasteiger partial charge in [-0.2, -0.15) is 13.2 Å². The maximum absolute atomic E-state index is 13.5. The largest absolute Gasteiger partial charge is 0.416 e. The zero-order chi connectivity index (χ0) is 27.3. The minimum absolute atomic E-state index is 0.0139. The molecule has 0 fully saturated rings. The minimum Gasteiger partial charge on any atom is -0.385 e. The van der Waals surface area contributed by atoms with E-state index in [4.69, 9.17) is 4.74 Å². The van der Waals surface area contributed by atoms with Crippen LogP contribution in [0.3, 0.4) is 0 Å². The van der Waals surface area contributed by atoms with E-state index in [9.17, 15) is 27.6 Å². The highest BCUT2D eigenvalue weighted by molar-refractivity contribution is 5.94. The molecule has 1 N–H and O–H groups in total. The first kappa shape index (κ1) is 26.9. The first-order valence-electron chi connectivity index (χ1n) is 11.9. The zero-order valence-corrected chi connectivity index (χ0v) is 20.6. The standard InChI is InChI=1S/C28H26F3N3O4/c1-38-16-4-15-32-25(35)21-11-7-19(8-12-21)18-34-26(36)23-5-2-3-6-24(23)33(27(34)37)17-20-9-13-22(14-10-20)28(29,30)31/h2-3,5-14H,4,15-18H2,1H3,(H,32,35). The fourth-order valence-electron chi connectivity index (χ4n) is 4.11. The SMILES string of the molecule is COCCCNC(=O)c1ccc(Cn2c(=O)c3ccccc3n(Cc3ccc(C(F)(F)F)cc3)c2=O)cc1. The number of carbonyl (C=O) groups is 1. The lowest BCUT2D eigenvalue weighted by Gasteiger charge is -2.15. The molecule has 0 saturated heterocycles. The third-order valence-corrected chi connectivity index (χ3v) is 6.12. The zero-order valence-electron chi connectivity index (χ0n) is 20.6. The number of methoxy groups -OCH3 is 1. The highest BCUT2D eigenvalue weighted by atomic mass is 19.4. The van der Waals surface area contributed by atoms with Crippen LogP contribution >= 0.6 is 0 Å². The van der Waals surface area contributed by atoms with Crippen LogP contribution in [0.15, 0.2) is 82.4 Å². The van der Waals surface area contributed by atoms with Crippen molar-refractivity contribution in [3.8, 4) is 0 Å². The smallest absolute Gasteiger partial charge is 0.385 e. The number of hydrogen-bond donors (Lipinski definition) is 1. The molecule has 10 heteroatoms. The number of amides is 1. The average Bonchev–Trinajstić information content (AvgIpc) is 2.91. The van der Waals surface area contributed by atoms with Crippen molar-refractivity contribution >= 4 is 16.8 Å². The van der Waals surface area contributed by atoms with Crippen molar-refractivity contribution in [2.45, 2.75) is 25.7 Å². The number of nitrogens with zero attached hydrogens (tertiary/aromatic N) is 2. The van der Waals surface area contributed by atoms with Crippen LogP contribution in [0.25, 0.3) is 10.9 Å². The summed E-state index contributed by atoms with van der Waals surface area (Å²) in [6.07, 6.45) is -3.78. The second-order valence-electron chi connectivity index (χ2n) is 8.77. The number of ether oxygens (including phenoxy) is 1. The normalized spacial score (nSPS) is 11.6. The van der Waals surface area contributed by atoms with Crippen molar-refractivity contribution < 1.29 is 22.7 Å². The van der Waals surface area contributed by atoms with Gasteiger partial charge >= 0.3 is 11.9 Å². The quantitative estimate of drug-likeness (QED) is 0.335. The Kier molecular flexibility index (Phi) is 8.11. The van der Waals surface area contributed by atoms with Crippen LogP contribution in [0, 0.1) is 0 Å². The number of halogens is 3. The van der Waals surface area contributed by atoms with Gasteiger partial charge in [0.1, 0.15) is 0 Å². The van der Waals surface area contributed by atoms with E-state index in [1.54, 1.807) is 55.6 Å². The third kappa shape index (κ3) is 6.03. The topological polar surface area (TPSA) is 82.3 Å². The molecule has 0 unspecified atom stereocenters. The van der Waals surface area contributed by atoms with Gasteiger partial charge in [0.25, 0.3) is 11.5 Å². The van der Waals surface area contributed by atoms with Crippen molar-refractivity contribution in [2.75, 3.05) is 20.3 Å². The van der Waals surface area contributed by atoms with Crippen molar-refractivity contribution in [2.24, 2.45) is 0 Å². The van der Waals surface area contributed by atoms with Gasteiger partial charge in [-0.3, -0.25) is 18.7 Å². The van der Waals surface area contributed by atoms with E-state index in [-0.39, 0.29) is 19.0 Å². The van der Waals surface area contributed by atoms with Gasteiger partial charge in [-0.25, -0.2) is 4.79 Å². The van der Waals surface area contributed by atoms with Gasteiger partial charge in [0.2, 0.25) is 0 Å². The van der Waals surface area contributed by atoms with Gasteiger partial charge in [0, 0.05) is 25.8 Å². The third-order valence-electron chi connectivity index (χ3n) is 6.12. The van der Waals surface area contributed by atoms with Gasteiger partial charge in [-0.05, 0) is 53.9 Å². The molecule has 7 nitrogen and oxygen atoms in total. The summed E-state index contributed by atoms with van der Waals surface area (Å²) in [4.78, 5) is 39.0. The first-order chi connectivity index (χ1) is 18.2. The van der Waals surface area contributed by atoms with Crippen molar-refractivity contribution in [3.05, 3.63) is 116 Å². The van der Waals surface area contributed by atoms with E-state index < -0.39 is 23.0 Å². The molecule has 0 aliphatic carbocycles. The summed E-state index contributed by atoms with van der Waals surface area (Å²) in [6.45, 7) is 0.959. The lowest BCUT2D eigenvalue weighted by atomic mass is 10.1. The molecule has 0 spiro atoms. The number of nitrogens with one attached hydrogen (secondary N) is 1. The molecule has 0 radical (unpaired) electrons. The Balaban J connectivity index is 1.63. The van der Waals surface area contributed by atoms with E-state index in [1.165, 1.54) is 16.7 Å². The van der Waals surface area contributed by atoms with E-state index in [0.29, 0.717) is 47.2 Å². The molecule has 3 aromatic carbocycles. The van der Waals surface area contributed by atoms with Crippen LogP contribution in [-0.2, 0) is 24.0 Å². The number of para-hydroxylation sites is 1. The number of hydrogen-bond acceptors (Lipinski definition) is 4.